The monoisotopic (exact) mass is 301 g/mol. The molecule has 0 aromatic heterocycles. The topological polar surface area (TPSA) is 46.2 Å². The van der Waals surface area contributed by atoms with Crippen LogP contribution in [0.5, 0.6) is 0 Å². The first kappa shape index (κ1) is 16.6. The summed E-state index contributed by atoms with van der Waals surface area (Å²) in [5.74, 6) is 0. The van der Waals surface area contributed by atoms with Gasteiger partial charge in [-0.3, -0.25) is 0 Å². The van der Waals surface area contributed by atoms with Crippen LogP contribution in [-0.4, -0.2) is 28.8 Å². The van der Waals surface area contributed by atoms with Crippen LogP contribution in [0.2, 0.25) is 0 Å². The second-order valence-corrected chi connectivity index (χ2v) is 9.55. The maximum Gasteiger partial charge on any atom is 0.240 e. The SMILES string of the molecule is CNS(=O)(=O)c1c(C)c(C)c(C)c(C)c1CP(C)C. The Balaban J connectivity index is 3.77. The van der Waals surface area contributed by atoms with Crippen LogP contribution in [0.1, 0.15) is 27.8 Å². The van der Waals surface area contributed by atoms with Gasteiger partial charge in [-0.05, 0) is 82.1 Å². The van der Waals surface area contributed by atoms with Gasteiger partial charge in [0.2, 0.25) is 10.0 Å². The summed E-state index contributed by atoms with van der Waals surface area (Å²) in [6.07, 6.45) is 0.847. The van der Waals surface area contributed by atoms with Crippen LogP contribution in [0.15, 0.2) is 4.90 Å². The molecule has 1 rings (SSSR count). The Hall–Kier alpha value is -0.440. The molecule has 0 amide bonds. The molecule has 5 heteroatoms. The molecule has 0 heterocycles. The lowest BCUT2D eigenvalue weighted by Crippen LogP contribution is -2.22. The lowest BCUT2D eigenvalue weighted by atomic mass is 9.95. The molecule has 0 fully saturated rings. The minimum Gasteiger partial charge on any atom is -0.214 e. The smallest absolute Gasteiger partial charge is 0.214 e. The minimum absolute atomic E-state index is 0.188. The fraction of sp³-hybridized carbons (Fsp3) is 0.571. The molecule has 0 aliphatic heterocycles. The predicted octanol–water partition coefficient (Wildman–Crippen LogP) is 3.07. The van der Waals surface area contributed by atoms with Crippen LogP contribution in [0.25, 0.3) is 0 Å². The molecule has 0 saturated heterocycles. The highest BCUT2D eigenvalue weighted by Crippen LogP contribution is 2.38. The third-order valence-corrected chi connectivity index (χ3v) is 6.34. The normalized spacial score (nSPS) is 12.2. The van der Waals surface area contributed by atoms with Gasteiger partial charge in [-0.1, -0.05) is 0 Å². The maximum absolute atomic E-state index is 12.3. The van der Waals surface area contributed by atoms with E-state index in [1.165, 1.54) is 12.6 Å². The van der Waals surface area contributed by atoms with Crippen molar-refractivity contribution in [1.29, 1.82) is 0 Å². The van der Waals surface area contributed by atoms with Crippen molar-refractivity contribution in [2.45, 2.75) is 38.8 Å². The van der Waals surface area contributed by atoms with Gasteiger partial charge in [0.05, 0.1) is 4.90 Å². The van der Waals surface area contributed by atoms with Crippen LogP contribution < -0.4 is 4.72 Å². The van der Waals surface area contributed by atoms with Crippen LogP contribution >= 0.6 is 7.92 Å². The van der Waals surface area contributed by atoms with E-state index in [2.05, 4.69) is 25.0 Å². The molecule has 0 radical (unpaired) electrons. The molecular formula is C14H24NO2PS. The van der Waals surface area contributed by atoms with Crippen molar-refractivity contribution in [3.8, 4) is 0 Å². The second-order valence-electron chi connectivity index (χ2n) is 5.25. The Morgan fingerprint density at radius 2 is 1.42 bits per heavy atom. The Morgan fingerprint density at radius 3 is 1.84 bits per heavy atom. The molecule has 0 unspecified atom stereocenters. The van der Waals surface area contributed by atoms with Gasteiger partial charge in [-0.25, -0.2) is 13.1 Å². The number of sulfonamides is 1. The van der Waals surface area contributed by atoms with E-state index >= 15 is 0 Å². The quantitative estimate of drug-likeness (QED) is 0.869. The van der Waals surface area contributed by atoms with Gasteiger partial charge >= 0.3 is 0 Å². The van der Waals surface area contributed by atoms with Crippen molar-refractivity contribution in [1.82, 2.24) is 4.72 Å². The van der Waals surface area contributed by atoms with E-state index < -0.39 is 10.0 Å². The first-order valence-electron chi connectivity index (χ1n) is 6.31. The van der Waals surface area contributed by atoms with Crippen LogP contribution in [0.3, 0.4) is 0 Å². The molecule has 0 aliphatic carbocycles. The second kappa shape index (κ2) is 5.90. The molecule has 0 saturated carbocycles. The van der Waals surface area contributed by atoms with Crippen molar-refractivity contribution in [3.05, 3.63) is 27.8 Å². The summed E-state index contributed by atoms with van der Waals surface area (Å²) < 4.78 is 27.1. The number of hydrogen-bond acceptors (Lipinski definition) is 2. The Kier molecular flexibility index (Phi) is 5.16. The molecule has 0 spiro atoms. The zero-order valence-electron chi connectivity index (χ0n) is 12.9. The lowest BCUT2D eigenvalue weighted by molar-refractivity contribution is 0.586. The third kappa shape index (κ3) is 3.18. The summed E-state index contributed by atoms with van der Waals surface area (Å²) in [5, 5.41) is 0. The van der Waals surface area contributed by atoms with Gasteiger partial charge in [-0.2, -0.15) is 0 Å². The van der Waals surface area contributed by atoms with Crippen LogP contribution in [0, 0.1) is 27.7 Å². The molecule has 0 aliphatic rings. The molecule has 1 aromatic rings. The molecule has 1 aromatic carbocycles. The highest BCUT2D eigenvalue weighted by Gasteiger charge is 2.24. The van der Waals surface area contributed by atoms with Crippen molar-refractivity contribution in [3.63, 3.8) is 0 Å². The van der Waals surface area contributed by atoms with Crippen molar-refractivity contribution in [2.24, 2.45) is 0 Å². The van der Waals surface area contributed by atoms with Gasteiger partial charge in [-0.15, -0.1) is 7.92 Å². The van der Waals surface area contributed by atoms with Crippen LogP contribution in [-0.2, 0) is 16.2 Å². The van der Waals surface area contributed by atoms with E-state index in [1.807, 2.05) is 20.8 Å². The molecule has 1 N–H and O–H groups in total. The molecule has 108 valence electrons. The highest BCUT2D eigenvalue weighted by molar-refractivity contribution is 7.89. The minimum atomic E-state index is -3.41. The molecule has 3 nitrogen and oxygen atoms in total. The van der Waals surface area contributed by atoms with E-state index in [-0.39, 0.29) is 7.92 Å². The molecular weight excluding hydrogens is 277 g/mol. The van der Waals surface area contributed by atoms with Gasteiger partial charge in [0, 0.05) is 0 Å². The van der Waals surface area contributed by atoms with E-state index in [9.17, 15) is 8.42 Å². The standard InChI is InChI=1S/C14H24NO2PS/c1-9-10(2)12(4)14(19(16,17)15-5)13(11(9)3)8-18(6)7/h15H,8H2,1-7H3. The van der Waals surface area contributed by atoms with Crippen molar-refractivity contribution >= 4 is 17.9 Å². The summed E-state index contributed by atoms with van der Waals surface area (Å²) in [4.78, 5) is 0.492. The number of nitrogens with one attached hydrogen (secondary N) is 1. The van der Waals surface area contributed by atoms with Crippen LogP contribution in [0.4, 0.5) is 0 Å². The maximum atomic E-state index is 12.3. The Bertz CT molecular complexity index is 592. The molecule has 0 bridgehead atoms. The van der Waals surface area contributed by atoms with Crippen molar-refractivity contribution < 1.29 is 8.42 Å². The zero-order chi connectivity index (χ0) is 15.0. The average Bonchev–Trinajstić information content (AvgIpc) is 2.32. The zero-order valence-corrected chi connectivity index (χ0v) is 14.6. The van der Waals surface area contributed by atoms with E-state index in [0.29, 0.717) is 4.90 Å². The number of benzene rings is 1. The number of rotatable bonds is 4. The Labute approximate surface area is 118 Å². The summed E-state index contributed by atoms with van der Waals surface area (Å²) >= 11 is 0. The lowest BCUT2D eigenvalue weighted by Gasteiger charge is -2.21. The van der Waals surface area contributed by atoms with Gasteiger partial charge in [0.25, 0.3) is 0 Å². The average molecular weight is 301 g/mol. The summed E-state index contributed by atoms with van der Waals surface area (Å²) in [7, 11) is -2.12. The molecule has 19 heavy (non-hydrogen) atoms. The first-order chi connectivity index (χ1) is 8.63. The number of hydrogen-bond donors (Lipinski definition) is 1. The first-order valence-corrected chi connectivity index (χ1v) is 10.2. The summed E-state index contributed by atoms with van der Waals surface area (Å²) in [6, 6.07) is 0. The van der Waals surface area contributed by atoms with Gasteiger partial charge < -0.3 is 0 Å². The van der Waals surface area contributed by atoms with Gasteiger partial charge in [0.1, 0.15) is 0 Å². The largest absolute Gasteiger partial charge is 0.240 e. The Morgan fingerprint density at radius 1 is 0.947 bits per heavy atom. The highest BCUT2D eigenvalue weighted by atomic mass is 32.2. The predicted molar refractivity (Wildman–Crippen MR) is 84.1 cm³/mol. The third-order valence-electron chi connectivity index (χ3n) is 3.77. The van der Waals surface area contributed by atoms with Crippen molar-refractivity contribution in [2.75, 3.05) is 20.4 Å². The molecule has 0 atom stereocenters. The van der Waals surface area contributed by atoms with E-state index in [1.54, 1.807) is 0 Å². The fourth-order valence-corrected chi connectivity index (χ4v) is 4.77. The summed E-state index contributed by atoms with van der Waals surface area (Å²) in [5.41, 5.74) is 5.27. The van der Waals surface area contributed by atoms with E-state index in [4.69, 9.17) is 0 Å². The fourth-order valence-electron chi connectivity index (χ4n) is 2.33. The van der Waals surface area contributed by atoms with E-state index in [0.717, 1.165) is 28.4 Å². The van der Waals surface area contributed by atoms with Gasteiger partial charge in [0.15, 0.2) is 0 Å². The summed E-state index contributed by atoms with van der Waals surface area (Å²) in [6.45, 7) is 12.4.